The molecular formula is C23H24O. The summed E-state index contributed by atoms with van der Waals surface area (Å²) in [5, 5.41) is 10.7. The number of benzene rings is 3. The van der Waals surface area contributed by atoms with E-state index >= 15 is 0 Å². The molecule has 0 spiro atoms. The zero-order valence-electron chi connectivity index (χ0n) is 14.6. The fourth-order valence-electron chi connectivity index (χ4n) is 3.10. The number of hydrogen-bond donors (Lipinski definition) is 1. The maximum atomic E-state index is 10.7. The van der Waals surface area contributed by atoms with E-state index in [1.165, 1.54) is 11.1 Å². The van der Waals surface area contributed by atoms with Crippen LogP contribution in [0.15, 0.2) is 66.7 Å². The summed E-state index contributed by atoms with van der Waals surface area (Å²) >= 11 is 0. The van der Waals surface area contributed by atoms with Crippen molar-refractivity contribution in [2.24, 2.45) is 0 Å². The lowest BCUT2D eigenvalue weighted by molar-refractivity contribution is 0.175. The highest BCUT2D eigenvalue weighted by atomic mass is 16.3. The minimum absolute atomic E-state index is 0.473. The molecule has 1 N–H and O–H groups in total. The summed E-state index contributed by atoms with van der Waals surface area (Å²) in [5.74, 6) is 0. The van der Waals surface area contributed by atoms with Crippen LogP contribution in [-0.2, 0) is 0 Å². The Morgan fingerprint density at radius 1 is 0.708 bits per heavy atom. The first-order chi connectivity index (χ1) is 11.6. The minimum atomic E-state index is -0.473. The molecule has 1 atom stereocenters. The van der Waals surface area contributed by atoms with Gasteiger partial charge in [-0.3, -0.25) is 0 Å². The van der Waals surface area contributed by atoms with Gasteiger partial charge in [-0.25, -0.2) is 0 Å². The van der Waals surface area contributed by atoms with Gasteiger partial charge >= 0.3 is 0 Å². The third-order valence-corrected chi connectivity index (χ3v) is 4.55. The van der Waals surface area contributed by atoms with Gasteiger partial charge in [-0.15, -0.1) is 0 Å². The van der Waals surface area contributed by atoms with Crippen LogP contribution in [0.25, 0.3) is 22.3 Å². The van der Waals surface area contributed by atoms with E-state index in [9.17, 15) is 5.11 Å². The molecule has 24 heavy (non-hydrogen) atoms. The van der Waals surface area contributed by atoms with Gasteiger partial charge in [0.15, 0.2) is 0 Å². The van der Waals surface area contributed by atoms with E-state index in [0.717, 1.165) is 27.8 Å². The Hall–Kier alpha value is -2.38. The SMILES string of the molecule is CC[C@H](O)c1c(-c2ccc(C)cc2)cccc1-c1ccc(C)cc1. The molecule has 3 aromatic rings. The normalized spacial score (nSPS) is 12.2. The van der Waals surface area contributed by atoms with E-state index in [1.807, 2.05) is 6.92 Å². The third-order valence-electron chi connectivity index (χ3n) is 4.55. The fourth-order valence-corrected chi connectivity index (χ4v) is 3.10. The molecule has 1 heteroatoms. The fraction of sp³-hybridized carbons (Fsp3) is 0.217. The lowest BCUT2D eigenvalue weighted by atomic mass is 9.87. The predicted octanol–water partition coefficient (Wildman–Crippen LogP) is 6.08. The van der Waals surface area contributed by atoms with Crippen molar-refractivity contribution in [3.63, 3.8) is 0 Å². The van der Waals surface area contributed by atoms with Crippen LogP contribution in [0, 0.1) is 13.8 Å². The molecule has 3 rings (SSSR count). The van der Waals surface area contributed by atoms with Crippen LogP contribution in [0.4, 0.5) is 0 Å². The first-order valence-corrected chi connectivity index (χ1v) is 8.55. The molecule has 0 saturated carbocycles. The largest absolute Gasteiger partial charge is 0.388 e. The van der Waals surface area contributed by atoms with E-state index in [2.05, 4.69) is 80.6 Å². The van der Waals surface area contributed by atoms with Crippen molar-refractivity contribution >= 4 is 0 Å². The van der Waals surface area contributed by atoms with Crippen LogP contribution in [0.3, 0.4) is 0 Å². The predicted molar refractivity (Wildman–Crippen MR) is 102 cm³/mol. The number of aryl methyl sites for hydroxylation is 2. The molecule has 0 saturated heterocycles. The zero-order valence-corrected chi connectivity index (χ0v) is 14.6. The van der Waals surface area contributed by atoms with E-state index in [-0.39, 0.29) is 0 Å². The monoisotopic (exact) mass is 316 g/mol. The Morgan fingerprint density at radius 3 is 1.50 bits per heavy atom. The molecule has 0 aromatic heterocycles. The smallest absolute Gasteiger partial charge is 0.0799 e. The molecular weight excluding hydrogens is 292 g/mol. The van der Waals surface area contributed by atoms with Crippen molar-refractivity contribution in [1.82, 2.24) is 0 Å². The Kier molecular flexibility index (Phi) is 4.82. The number of aliphatic hydroxyl groups is 1. The standard InChI is InChI=1S/C23H24O/c1-4-22(24)23-20(18-12-8-16(2)9-13-18)6-5-7-21(23)19-14-10-17(3)11-15-19/h5-15,22,24H,4H2,1-3H3/t22-/m0/s1. The van der Waals surface area contributed by atoms with Gasteiger partial charge in [0.2, 0.25) is 0 Å². The van der Waals surface area contributed by atoms with Crippen molar-refractivity contribution in [1.29, 1.82) is 0 Å². The first-order valence-electron chi connectivity index (χ1n) is 8.55. The molecule has 0 aliphatic carbocycles. The van der Waals surface area contributed by atoms with Gasteiger partial charge in [0.1, 0.15) is 0 Å². The highest BCUT2D eigenvalue weighted by Crippen LogP contribution is 2.37. The number of rotatable bonds is 4. The molecule has 0 aliphatic heterocycles. The molecule has 0 unspecified atom stereocenters. The second kappa shape index (κ2) is 7.02. The molecule has 0 heterocycles. The Morgan fingerprint density at radius 2 is 1.12 bits per heavy atom. The van der Waals surface area contributed by atoms with E-state index in [4.69, 9.17) is 0 Å². The van der Waals surface area contributed by atoms with Crippen molar-refractivity contribution < 1.29 is 5.11 Å². The Bertz CT molecular complexity index is 750. The Labute approximate surface area is 144 Å². The van der Waals surface area contributed by atoms with Crippen LogP contribution >= 0.6 is 0 Å². The minimum Gasteiger partial charge on any atom is -0.388 e. The summed E-state index contributed by atoms with van der Waals surface area (Å²) in [6, 6.07) is 23.3. The highest BCUT2D eigenvalue weighted by molar-refractivity contribution is 5.79. The maximum Gasteiger partial charge on any atom is 0.0799 e. The number of hydrogen-bond acceptors (Lipinski definition) is 1. The second-order valence-corrected chi connectivity index (χ2v) is 6.42. The molecule has 0 bridgehead atoms. The Balaban J connectivity index is 2.21. The molecule has 1 nitrogen and oxygen atoms in total. The first kappa shape index (κ1) is 16.5. The second-order valence-electron chi connectivity index (χ2n) is 6.42. The van der Waals surface area contributed by atoms with Crippen LogP contribution < -0.4 is 0 Å². The quantitative estimate of drug-likeness (QED) is 0.618. The molecule has 0 fully saturated rings. The molecule has 0 amide bonds. The van der Waals surface area contributed by atoms with Crippen LogP contribution in [0.2, 0.25) is 0 Å². The van der Waals surface area contributed by atoms with E-state index in [1.54, 1.807) is 0 Å². The van der Waals surface area contributed by atoms with Gasteiger partial charge in [0, 0.05) is 0 Å². The lowest BCUT2D eigenvalue weighted by Crippen LogP contribution is -2.01. The van der Waals surface area contributed by atoms with Crippen LogP contribution in [0.1, 0.15) is 36.1 Å². The van der Waals surface area contributed by atoms with Crippen molar-refractivity contribution in [2.75, 3.05) is 0 Å². The van der Waals surface area contributed by atoms with Gasteiger partial charge in [0.25, 0.3) is 0 Å². The summed E-state index contributed by atoms with van der Waals surface area (Å²) < 4.78 is 0. The van der Waals surface area contributed by atoms with Gasteiger partial charge in [-0.1, -0.05) is 84.8 Å². The van der Waals surface area contributed by atoms with E-state index < -0.39 is 6.10 Å². The van der Waals surface area contributed by atoms with E-state index in [0.29, 0.717) is 6.42 Å². The zero-order chi connectivity index (χ0) is 17.1. The highest BCUT2D eigenvalue weighted by Gasteiger charge is 2.17. The van der Waals surface area contributed by atoms with Gasteiger partial charge < -0.3 is 5.11 Å². The molecule has 122 valence electrons. The molecule has 0 radical (unpaired) electrons. The summed E-state index contributed by atoms with van der Waals surface area (Å²) in [6.45, 7) is 6.21. The summed E-state index contributed by atoms with van der Waals surface area (Å²) in [5.41, 5.74) is 8.03. The van der Waals surface area contributed by atoms with Gasteiger partial charge in [-0.2, -0.15) is 0 Å². The van der Waals surface area contributed by atoms with Crippen molar-refractivity contribution in [2.45, 2.75) is 33.3 Å². The third kappa shape index (κ3) is 3.27. The average molecular weight is 316 g/mol. The summed E-state index contributed by atoms with van der Waals surface area (Å²) in [6.07, 6.45) is 0.223. The number of aliphatic hydroxyl groups excluding tert-OH is 1. The lowest BCUT2D eigenvalue weighted by Gasteiger charge is -2.20. The average Bonchev–Trinajstić information content (AvgIpc) is 2.62. The topological polar surface area (TPSA) is 20.2 Å². The maximum absolute atomic E-state index is 10.7. The van der Waals surface area contributed by atoms with Gasteiger partial charge in [-0.05, 0) is 48.1 Å². The van der Waals surface area contributed by atoms with Crippen molar-refractivity contribution in [3.8, 4) is 22.3 Å². The van der Waals surface area contributed by atoms with Crippen LogP contribution in [-0.4, -0.2) is 5.11 Å². The molecule has 0 aliphatic rings. The van der Waals surface area contributed by atoms with Crippen molar-refractivity contribution in [3.05, 3.63) is 83.4 Å². The summed E-state index contributed by atoms with van der Waals surface area (Å²) in [4.78, 5) is 0. The van der Waals surface area contributed by atoms with Crippen LogP contribution in [0.5, 0.6) is 0 Å². The summed E-state index contributed by atoms with van der Waals surface area (Å²) in [7, 11) is 0. The van der Waals surface area contributed by atoms with Gasteiger partial charge in [0.05, 0.1) is 6.10 Å². The molecule has 3 aromatic carbocycles.